The van der Waals surface area contributed by atoms with Crippen molar-refractivity contribution >= 4 is 37.1 Å². The maximum atomic E-state index is 12.4. The minimum atomic E-state index is -4.00. The Hall–Kier alpha value is -2.31. The Morgan fingerprint density at radius 1 is 1.36 bits per heavy atom. The lowest BCUT2D eigenvalue weighted by molar-refractivity contribution is -0.384. The Balaban J connectivity index is 0.00000576. The van der Waals surface area contributed by atoms with Crippen LogP contribution in [-0.4, -0.2) is 29.6 Å². The second-order valence-corrected chi connectivity index (χ2v) is 5.98. The summed E-state index contributed by atoms with van der Waals surface area (Å²) in [5.41, 5.74) is -1.21. The van der Waals surface area contributed by atoms with Gasteiger partial charge in [0.05, 0.1) is 23.7 Å². The van der Waals surface area contributed by atoms with E-state index in [2.05, 4.69) is 9.99 Å². The third kappa shape index (κ3) is 6.25. The van der Waals surface area contributed by atoms with E-state index in [1.165, 1.54) is 38.1 Å². The number of hydrogen-bond donors (Lipinski definition) is 0. The summed E-state index contributed by atoms with van der Waals surface area (Å²) >= 11 is 0. The minimum absolute atomic E-state index is 0. The second-order valence-electron chi connectivity index (χ2n) is 4.05. The smallest absolute Gasteiger partial charge is 0.311 e. The second kappa shape index (κ2) is 10.5. The number of oxime groups is 1. The van der Waals surface area contributed by atoms with Gasteiger partial charge in [-0.05, 0) is 19.9 Å². The van der Waals surface area contributed by atoms with Gasteiger partial charge < -0.3 is 13.9 Å². The molecule has 0 unspecified atom stereocenters. The fourth-order valence-electron chi connectivity index (χ4n) is 1.51. The van der Waals surface area contributed by atoms with Gasteiger partial charge in [-0.2, -0.15) is 5.26 Å². The van der Waals surface area contributed by atoms with Crippen LogP contribution in [0.2, 0.25) is 0 Å². The molecule has 12 heteroatoms. The van der Waals surface area contributed by atoms with Crippen LogP contribution in [0.3, 0.4) is 0 Å². The van der Waals surface area contributed by atoms with Crippen molar-refractivity contribution in [1.82, 2.24) is 0 Å². The van der Waals surface area contributed by atoms with Gasteiger partial charge in [0.2, 0.25) is 0 Å². The van der Waals surface area contributed by atoms with Crippen molar-refractivity contribution in [3.05, 3.63) is 39.9 Å². The molecule has 0 radical (unpaired) electrons. The van der Waals surface area contributed by atoms with Crippen molar-refractivity contribution in [3.8, 4) is 6.07 Å². The number of rotatable bonds is 8. The van der Waals surface area contributed by atoms with Gasteiger partial charge >= 0.3 is 13.6 Å². The van der Waals surface area contributed by atoms with Crippen molar-refractivity contribution in [2.75, 3.05) is 13.2 Å². The summed E-state index contributed by atoms with van der Waals surface area (Å²) < 4.78 is 22.2. The van der Waals surface area contributed by atoms with Crippen LogP contribution in [0.5, 0.6) is 0 Å². The number of benzene rings is 1. The summed E-state index contributed by atoms with van der Waals surface area (Å²) in [4.78, 5) is 26.4. The fraction of sp³-hybridized carbons (Fsp3) is 0.308. The molecule has 0 saturated heterocycles. The van der Waals surface area contributed by atoms with Crippen molar-refractivity contribution < 1.29 is 28.2 Å². The van der Waals surface area contributed by atoms with Crippen molar-refractivity contribution in [1.29, 1.82) is 5.26 Å². The molecule has 0 aliphatic heterocycles. The maximum Gasteiger partial charge on any atom is 0.393 e. The highest BCUT2D eigenvalue weighted by Crippen LogP contribution is 2.49. The molecule has 0 aliphatic carbocycles. The number of nitriles is 1. The monoisotopic (exact) mass is 391 g/mol. The summed E-state index contributed by atoms with van der Waals surface area (Å²) in [6.45, 7) is 3.04. The van der Waals surface area contributed by atoms with E-state index < -0.39 is 23.9 Å². The zero-order chi connectivity index (χ0) is 18.2. The fourth-order valence-corrected chi connectivity index (χ4v) is 2.78. The van der Waals surface area contributed by atoms with Crippen LogP contribution in [0, 0.1) is 21.4 Å². The van der Waals surface area contributed by atoms with Crippen LogP contribution in [0.25, 0.3) is 0 Å². The van der Waals surface area contributed by atoms with Crippen LogP contribution in [0.15, 0.2) is 29.4 Å². The molecule has 0 heterocycles. The molecule has 25 heavy (non-hydrogen) atoms. The van der Waals surface area contributed by atoms with E-state index in [4.69, 9.17) is 14.3 Å². The highest BCUT2D eigenvalue weighted by molar-refractivity contribution is 7.73. The standard InChI is InChI=1S/C13H14N3O7P.ClH/c1-3-21-24(20,22-4-2)12(9-14)15-23-13(17)10-6-5-7-11(8-10)16(18)19;/h5-8H,3-4H2,1-2H3;1H/b15-12+;. The zero-order valence-electron chi connectivity index (χ0n) is 13.3. The van der Waals surface area contributed by atoms with E-state index in [0.29, 0.717) is 0 Å². The Morgan fingerprint density at radius 3 is 2.44 bits per heavy atom. The molecule has 0 atom stereocenters. The summed E-state index contributed by atoms with van der Waals surface area (Å²) in [5.74, 6) is -1.06. The van der Waals surface area contributed by atoms with E-state index >= 15 is 0 Å². The molecule has 0 fully saturated rings. The van der Waals surface area contributed by atoms with Gasteiger partial charge in [0, 0.05) is 12.1 Å². The average Bonchev–Trinajstić information content (AvgIpc) is 2.55. The van der Waals surface area contributed by atoms with E-state index in [1.54, 1.807) is 0 Å². The number of non-ortho nitro benzene ring substituents is 1. The zero-order valence-corrected chi connectivity index (χ0v) is 15.0. The summed E-state index contributed by atoms with van der Waals surface area (Å²) in [5, 5.41) is 22.9. The number of carbonyl (C=O) groups excluding carboxylic acids is 1. The molecule has 0 N–H and O–H groups in total. The lowest BCUT2D eigenvalue weighted by Gasteiger charge is -2.13. The Kier molecular flexibility index (Phi) is 9.56. The van der Waals surface area contributed by atoms with E-state index in [0.717, 1.165) is 6.07 Å². The summed E-state index contributed by atoms with van der Waals surface area (Å²) in [7, 11) is -4.00. The molecule has 0 saturated carbocycles. The van der Waals surface area contributed by atoms with Crippen molar-refractivity contribution in [2.45, 2.75) is 13.8 Å². The minimum Gasteiger partial charge on any atom is -0.311 e. The van der Waals surface area contributed by atoms with Gasteiger partial charge in [-0.1, -0.05) is 11.2 Å². The molecular weight excluding hydrogens is 377 g/mol. The van der Waals surface area contributed by atoms with Crippen LogP contribution in [0.4, 0.5) is 5.69 Å². The SMILES string of the molecule is CCOP(=O)(OCC)/C(C#N)=N/OC(=O)c1cccc([N+](=O)[O-])c1.Cl. The third-order valence-corrected chi connectivity index (χ3v) is 4.36. The molecule has 1 rings (SSSR count). The first-order valence-electron chi connectivity index (χ1n) is 6.71. The predicted molar refractivity (Wildman–Crippen MR) is 89.7 cm³/mol. The molecular formula is C13H15ClN3O7P. The maximum absolute atomic E-state index is 12.4. The third-order valence-electron chi connectivity index (χ3n) is 2.47. The molecule has 1 aromatic rings. The number of nitro benzene ring substituents is 1. The lowest BCUT2D eigenvalue weighted by Crippen LogP contribution is -2.08. The topological polar surface area (TPSA) is 141 Å². The number of nitrogens with zero attached hydrogens (tertiary/aromatic N) is 3. The van der Waals surface area contributed by atoms with Crippen LogP contribution in [-0.2, 0) is 18.5 Å². The number of hydrogen-bond acceptors (Lipinski definition) is 9. The van der Waals surface area contributed by atoms with Gasteiger partial charge in [0.15, 0.2) is 0 Å². The number of halogens is 1. The molecule has 1 aromatic carbocycles. The van der Waals surface area contributed by atoms with Crippen LogP contribution >= 0.6 is 20.0 Å². The Bertz CT molecular complexity index is 737. The lowest BCUT2D eigenvalue weighted by atomic mass is 10.2. The van der Waals surface area contributed by atoms with Gasteiger partial charge in [0.25, 0.3) is 11.1 Å². The molecule has 0 aromatic heterocycles. The van der Waals surface area contributed by atoms with Gasteiger partial charge in [-0.3, -0.25) is 14.7 Å². The predicted octanol–water partition coefficient (Wildman–Crippen LogP) is 3.28. The molecule has 136 valence electrons. The Morgan fingerprint density at radius 2 is 1.96 bits per heavy atom. The normalized spacial score (nSPS) is 11.2. The van der Waals surface area contributed by atoms with Gasteiger partial charge in [-0.25, -0.2) is 4.79 Å². The molecule has 0 aliphatic rings. The molecule has 0 amide bonds. The largest absolute Gasteiger partial charge is 0.393 e. The van der Waals surface area contributed by atoms with Crippen LogP contribution < -0.4 is 0 Å². The first kappa shape index (κ1) is 22.7. The van der Waals surface area contributed by atoms with E-state index in [9.17, 15) is 19.5 Å². The quantitative estimate of drug-likeness (QED) is 0.216. The number of nitro groups is 1. The molecule has 10 nitrogen and oxygen atoms in total. The number of carbonyl (C=O) groups is 1. The Labute approximate surface area is 149 Å². The van der Waals surface area contributed by atoms with Gasteiger partial charge in [0.1, 0.15) is 6.07 Å². The average molecular weight is 392 g/mol. The molecule has 0 spiro atoms. The van der Waals surface area contributed by atoms with Gasteiger partial charge in [-0.15, -0.1) is 12.4 Å². The first-order chi connectivity index (χ1) is 11.4. The van der Waals surface area contributed by atoms with Crippen LogP contribution in [0.1, 0.15) is 24.2 Å². The van der Waals surface area contributed by atoms with E-state index in [1.807, 2.05) is 0 Å². The van der Waals surface area contributed by atoms with Crippen molar-refractivity contribution in [2.24, 2.45) is 5.16 Å². The summed E-state index contributed by atoms with van der Waals surface area (Å²) in [6.07, 6.45) is 0. The van der Waals surface area contributed by atoms with Crippen molar-refractivity contribution in [3.63, 3.8) is 0 Å². The highest BCUT2D eigenvalue weighted by Gasteiger charge is 2.33. The molecule has 0 bridgehead atoms. The first-order valence-corrected chi connectivity index (χ1v) is 8.25. The van der Waals surface area contributed by atoms with E-state index in [-0.39, 0.29) is 36.9 Å². The summed E-state index contributed by atoms with van der Waals surface area (Å²) in [6, 6.07) is 6.23. The highest BCUT2D eigenvalue weighted by atomic mass is 35.5.